The maximum atomic E-state index is 12.8. The summed E-state index contributed by atoms with van der Waals surface area (Å²) >= 11 is 3.35. The van der Waals surface area contributed by atoms with Gasteiger partial charge in [0, 0.05) is 18.0 Å². The van der Waals surface area contributed by atoms with Crippen molar-refractivity contribution in [3.63, 3.8) is 0 Å². The highest BCUT2D eigenvalue weighted by Gasteiger charge is 2.17. The summed E-state index contributed by atoms with van der Waals surface area (Å²) in [6.07, 6.45) is 0.621. The second-order valence-electron chi connectivity index (χ2n) is 6.77. The lowest BCUT2D eigenvalue weighted by Gasteiger charge is -2.12. The minimum atomic E-state index is -0.603. The summed E-state index contributed by atoms with van der Waals surface area (Å²) in [5.74, 6) is -0.472. The van der Waals surface area contributed by atoms with Crippen molar-refractivity contribution in [2.45, 2.75) is 6.42 Å². The Morgan fingerprint density at radius 2 is 1.66 bits per heavy atom. The number of rotatable bonds is 10. The van der Waals surface area contributed by atoms with Crippen molar-refractivity contribution in [3.8, 4) is 11.5 Å². The molecular formula is C25H23BrO6. The molecule has 7 heteroatoms. The van der Waals surface area contributed by atoms with E-state index in [4.69, 9.17) is 18.9 Å². The lowest BCUT2D eigenvalue weighted by molar-refractivity contribution is 0.0507. The van der Waals surface area contributed by atoms with E-state index in [1.807, 2.05) is 30.3 Å². The van der Waals surface area contributed by atoms with E-state index in [-0.39, 0.29) is 17.9 Å². The predicted molar refractivity (Wildman–Crippen MR) is 123 cm³/mol. The van der Waals surface area contributed by atoms with Crippen molar-refractivity contribution in [1.82, 2.24) is 0 Å². The van der Waals surface area contributed by atoms with Gasteiger partial charge in [0.1, 0.15) is 23.7 Å². The molecule has 0 bridgehead atoms. The molecule has 0 radical (unpaired) electrons. The van der Waals surface area contributed by atoms with Gasteiger partial charge in [-0.2, -0.15) is 0 Å². The molecule has 3 rings (SSSR count). The van der Waals surface area contributed by atoms with Crippen molar-refractivity contribution in [2.24, 2.45) is 0 Å². The van der Waals surface area contributed by atoms with Crippen molar-refractivity contribution >= 4 is 27.9 Å². The van der Waals surface area contributed by atoms with Gasteiger partial charge in [-0.1, -0.05) is 52.3 Å². The van der Waals surface area contributed by atoms with Gasteiger partial charge >= 0.3 is 11.9 Å². The molecule has 0 atom stereocenters. The van der Waals surface area contributed by atoms with Crippen molar-refractivity contribution in [2.75, 3.05) is 26.9 Å². The van der Waals surface area contributed by atoms with E-state index in [1.165, 1.54) is 6.07 Å². The third-order valence-electron chi connectivity index (χ3n) is 4.45. The van der Waals surface area contributed by atoms with Crippen LogP contribution in [0.4, 0.5) is 0 Å². The fourth-order valence-electron chi connectivity index (χ4n) is 2.86. The highest BCUT2D eigenvalue weighted by molar-refractivity contribution is 9.10. The van der Waals surface area contributed by atoms with Gasteiger partial charge in [-0.05, 0) is 42.0 Å². The van der Waals surface area contributed by atoms with Crippen LogP contribution in [-0.4, -0.2) is 38.9 Å². The Labute approximate surface area is 195 Å². The zero-order valence-electron chi connectivity index (χ0n) is 17.6. The molecule has 32 heavy (non-hydrogen) atoms. The average molecular weight is 499 g/mol. The molecule has 0 unspecified atom stereocenters. The summed E-state index contributed by atoms with van der Waals surface area (Å²) in [6.45, 7) is 0.939. The molecule has 6 nitrogen and oxygen atoms in total. The Bertz CT molecular complexity index is 1050. The summed E-state index contributed by atoms with van der Waals surface area (Å²) in [5, 5.41) is 0. The Morgan fingerprint density at radius 1 is 0.844 bits per heavy atom. The highest BCUT2D eigenvalue weighted by Crippen LogP contribution is 2.25. The number of carbonyl (C=O) groups excluding carboxylic acids is 2. The molecule has 0 N–H and O–H groups in total. The van der Waals surface area contributed by atoms with Crippen LogP contribution in [-0.2, 0) is 15.9 Å². The first-order valence-electron chi connectivity index (χ1n) is 10.0. The molecule has 3 aromatic carbocycles. The Hall–Kier alpha value is -3.16. The van der Waals surface area contributed by atoms with E-state index in [2.05, 4.69) is 15.9 Å². The first-order valence-corrected chi connectivity index (χ1v) is 10.8. The molecule has 0 aliphatic carbocycles. The smallest absolute Gasteiger partial charge is 0.347 e. The SMILES string of the molecule is COCCOc1ccc(Br)cc1C(=O)Oc1cccc(C(=O)OCCc2ccccc2)c1. The van der Waals surface area contributed by atoms with Gasteiger partial charge in [-0.15, -0.1) is 0 Å². The summed E-state index contributed by atoms with van der Waals surface area (Å²) in [5.41, 5.74) is 1.64. The normalized spacial score (nSPS) is 10.4. The number of carbonyl (C=O) groups is 2. The number of ether oxygens (including phenoxy) is 4. The molecule has 3 aromatic rings. The number of hydrogen-bond acceptors (Lipinski definition) is 6. The molecule has 0 saturated carbocycles. The fourth-order valence-corrected chi connectivity index (χ4v) is 3.22. The van der Waals surface area contributed by atoms with Crippen LogP contribution in [0, 0.1) is 0 Å². The van der Waals surface area contributed by atoms with E-state index >= 15 is 0 Å². The van der Waals surface area contributed by atoms with Gasteiger partial charge in [-0.25, -0.2) is 9.59 Å². The van der Waals surface area contributed by atoms with Gasteiger partial charge in [0.15, 0.2) is 0 Å². The third kappa shape index (κ3) is 6.93. The topological polar surface area (TPSA) is 71.1 Å². The minimum absolute atomic E-state index is 0.232. The lowest BCUT2D eigenvalue weighted by Crippen LogP contribution is -2.13. The quantitative estimate of drug-likeness (QED) is 0.220. The van der Waals surface area contributed by atoms with Gasteiger partial charge in [-0.3, -0.25) is 0 Å². The van der Waals surface area contributed by atoms with Crippen LogP contribution in [0.1, 0.15) is 26.3 Å². The van der Waals surface area contributed by atoms with Gasteiger partial charge in [0.2, 0.25) is 0 Å². The van der Waals surface area contributed by atoms with Gasteiger partial charge in [0.25, 0.3) is 0 Å². The van der Waals surface area contributed by atoms with Crippen molar-refractivity contribution in [1.29, 1.82) is 0 Å². The first-order chi connectivity index (χ1) is 15.6. The van der Waals surface area contributed by atoms with Crippen LogP contribution >= 0.6 is 15.9 Å². The minimum Gasteiger partial charge on any atom is -0.490 e. The van der Waals surface area contributed by atoms with E-state index in [0.29, 0.717) is 35.4 Å². The third-order valence-corrected chi connectivity index (χ3v) is 4.95. The van der Waals surface area contributed by atoms with Crippen LogP contribution in [0.5, 0.6) is 11.5 Å². The summed E-state index contributed by atoms with van der Waals surface area (Å²) in [4.78, 5) is 25.1. The van der Waals surface area contributed by atoms with Crippen molar-refractivity contribution in [3.05, 3.63) is 94.0 Å². The molecule has 0 amide bonds. The monoisotopic (exact) mass is 498 g/mol. The summed E-state index contributed by atoms with van der Waals surface area (Å²) < 4.78 is 22.1. The standard InChI is InChI=1S/C25H23BrO6/c1-29-14-15-30-23-11-10-20(26)17-22(23)25(28)32-21-9-5-8-19(16-21)24(27)31-13-12-18-6-3-2-4-7-18/h2-11,16-17H,12-15H2,1H3. The summed E-state index contributed by atoms with van der Waals surface area (Å²) in [6, 6.07) is 21.1. The zero-order valence-corrected chi connectivity index (χ0v) is 19.2. The summed E-state index contributed by atoms with van der Waals surface area (Å²) in [7, 11) is 1.57. The number of hydrogen-bond donors (Lipinski definition) is 0. The zero-order chi connectivity index (χ0) is 22.8. The average Bonchev–Trinajstić information content (AvgIpc) is 2.81. The van der Waals surface area contributed by atoms with E-state index in [9.17, 15) is 9.59 Å². The second-order valence-corrected chi connectivity index (χ2v) is 7.69. The number of methoxy groups -OCH3 is 1. The first kappa shape index (κ1) is 23.5. The largest absolute Gasteiger partial charge is 0.490 e. The number of halogens is 1. The van der Waals surface area contributed by atoms with E-state index < -0.39 is 11.9 Å². The van der Waals surface area contributed by atoms with Gasteiger partial charge in [0.05, 0.1) is 18.8 Å². The molecule has 0 aliphatic rings. The maximum Gasteiger partial charge on any atom is 0.347 e. The lowest BCUT2D eigenvalue weighted by atomic mass is 10.2. The molecule has 0 fully saturated rings. The maximum absolute atomic E-state index is 12.8. The molecule has 0 aromatic heterocycles. The second kappa shape index (κ2) is 12.0. The number of benzene rings is 3. The molecule has 0 heterocycles. The highest BCUT2D eigenvalue weighted by atomic mass is 79.9. The van der Waals surface area contributed by atoms with Crippen LogP contribution in [0.15, 0.2) is 77.3 Å². The molecule has 0 aliphatic heterocycles. The molecule has 166 valence electrons. The molecule has 0 spiro atoms. The van der Waals surface area contributed by atoms with E-state index in [0.717, 1.165) is 5.56 Å². The number of esters is 2. The Morgan fingerprint density at radius 3 is 2.44 bits per heavy atom. The molecular weight excluding hydrogens is 476 g/mol. The Kier molecular flexibility index (Phi) is 8.83. The molecule has 0 saturated heterocycles. The van der Waals surface area contributed by atoms with Crippen molar-refractivity contribution < 1.29 is 28.5 Å². The van der Waals surface area contributed by atoms with Crippen LogP contribution < -0.4 is 9.47 Å². The van der Waals surface area contributed by atoms with Crippen LogP contribution in [0.25, 0.3) is 0 Å². The van der Waals surface area contributed by atoms with Gasteiger partial charge < -0.3 is 18.9 Å². The predicted octanol–water partition coefficient (Wildman–Crippen LogP) is 5.09. The Balaban J connectivity index is 1.63. The van der Waals surface area contributed by atoms with E-state index in [1.54, 1.807) is 43.5 Å². The van der Waals surface area contributed by atoms with Crippen LogP contribution in [0.2, 0.25) is 0 Å². The van der Waals surface area contributed by atoms with Crippen LogP contribution in [0.3, 0.4) is 0 Å². The fraction of sp³-hybridized carbons (Fsp3) is 0.200.